The number of rotatable bonds is 4. The molecule has 0 heterocycles. The molecule has 0 bridgehead atoms. The maximum absolute atomic E-state index is 11.0. The van der Waals surface area contributed by atoms with Crippen LogP contribution >= 0.6 is 0 Å². The highest BCUT2D eigenvalue weighted by molar-refractivity contribution is 5.76. The van der Waals surface area contributed by atoms with Gasteiger partial charge in [-0.1, -0.05) is 35.9 Å². The summed E-state index contributed by atoms with van der Waals surface area (Å²) in [5.41, 5.74) is 6.06. The molecule has 0 fully saturated rings. The zero-order chi connectivity index (χ0) is 14.7. The second-order valence-electron chi connectivity index (χ2n) is 5.12. The van der Waals surface area contributed by atoms with Crippen molar-refractivity contribution >= 4 is 17.3 Å². The lowest BCUT2D eigenvalue weighted by Crippen LogP contribution is -2.05. The van der Waals surface area contributed by atoms with E-state index in [1.54, 1.807) is 0 Å². The topological polar surface area (TPSA) is 49.3 Å². The summed E-state index contributed by atoms with van der Waals surface area (Å²) in [4.78, 5) is 11.0. The fourth-order valence-corrected chi connectivity index (χ4v) is 2.30. The summed E-state index contributed by atoms with van der Waals surface area (Å²) in [5.74, 6) is -0.819. The second kappa shape index (κ2) is 5.78. The van der Waals surface area contributed by atoms with Crippen molar-refractivity contribution in [3.8, 4) is 0 Å². The van der Waals surface area contributed by atoms with Crippen molar-refractivity contribution in [2.24, 2.45) is 0 Å². The van der Waals surface area contributed by atoms with Crippen LogP contribution in [-0.4, -0.2) is 11.1 Å². The van der Waals surface area contributed by atoms with Crippen LogP contribution in [0.3, 0.4) is 0 Å². The molecule has 2 aromatic carbocycles. The molecule has 20 heavy (non-hydrogen) atoms. The fraction of sp³-hybridized carbons (Fsp3) is 0.235. The molecule has 104 valence electrons. The lowest BCUT2D eigenvalue weighted by Gasteiger charge is -2.16. The summed E-state index contributed by atoms with van der Waals surface area (Å²) in [5, 5.41) is 12.4. The van der Waals surface area contributed by atoms with Crippen LogP contribution in [0.5, 0.6) is 0 Å². The predicted octanol–water partition coefficient (Wildman–Crippen LogP) is 3.98. The maximum atomic E-state index is 11.0. The van der Waals surface area contributed by atoms with Gasteiger partial charge in [-0.2, -0.15) is 0 Å². The van der Waals surface area contributed by atoms with Crippen LogP contribution < -0.4 is 5.32 Å². The number of para-hydroxylation sites is 1. The van der Waals surface area contributed by atoms with E-state index in [1.807, 2.05) is 57.2 Å². The molecule has 0 atom stereocenters. The van der Waals surface area contributed by atoms with E-state index in [-0.39, 0.29) is 6.42 Å². The quantitative estimate of drug-likeness (QED) is 0.882. The van der Waals surface area contributed by atoms with Crippen LogP contribution in [0.15, 0.2) is 36.4 Å². The Balaban J connectivity index is 2.40. The standard InChI is InChI=1S/C17H19NO2/c1-11-7-8-15(14(9-11)10-16(19)20)18-17-12(2)5-4-6-13(17)3/h4-9,18H,10H2,1-3H3,(H,19,20). The van der Waals surface area contributed by atoms with Gasteiger partial charge in [-0.25, -0.2) is 0 Å². The van der Waals surface area contributed by atoms with E-state index >= 15 is 0 Å². The first kappa shape index (κ1) is 14.1. The largest absolute Gasteiger partial charge is 0.481 e. The number of benzene rings is 2. The van der Waals surface area contributed by atoms with Crippen LogP contribution in [0.4, 0.5) is 11.4 Å². The molecule has 0 saturated heterocycles. The number of aryl methyl sites for hydroxylation is 3. The lowest BCUT2D eigenvalue weighted by atomic mass is 10.0. The Hall–Kier alpha value is -2.29. The van der Waals surface area contributed by atoms with E-state index in [0.717, 1.165) is 33.6 Å². The van der Waals surface area contributed by atoms with Gasteiger partial charge >= 0.3 is 5.97 Å². The smallest absolute Gasteiger partial charge is 0.307 e. The number of carboxylic acids is 1. The zero-order valence-corrected chi connectivity index (χ0v) is 12.0. The highest BCUT2D eigenvalue weighted by Gasteiger charge is 2.09. The molecule has 0 amide bonds. The molecule has 0 radical (unpaired) electrons. The minimum absolute atomic E-state index is 0.0228. The Morgan fingerprint density at radius 1 is 1.10 bits per heavy atom. The van der Waals surface area contributed by atoms with Gasteiger partial charge in [-0.3, -0.25) is 4.79 Å². The second-order valence-corrected chi connectivity index (χ2v) is 5.12. The molecular formula is C17H19NO2. The molecular weight excluding hydrogens is 250 g/mol. The van der Waals surface area contributed by atoms with Crippen LogP contribution in [0.25, 0.3) is 0 Å². The van der Waals surface area contributed by atoms with E-state index < -0.39 is 5.97 Å². The van der Waals surface area contributed by atoms with E-state index in [1.165, 1.54) is 0 Å². The first-order valence-corrected chi connectivity index (χ1v) is 6.62. The average molecular weight is 269 g/mol. The molecule has 0 aliphatic carbocycles. The number of carbonyl (C=O) groups is 1. The number of aliphatic carboxylic acids is 1. The molecule has 2 rings (SSSR count). The number of anilines is 2. The first-order chi connectivity index (χ1) is 9.47. The Morgan fingerprint density at radius 3 is 2.35 bits per heavy atom. The van der Waals surface area contributed by atoms with Gasteiger partial charge in [0.2, 0.25) is 0 Å². The molecule has 2 N–H and O–H groups in total. The molecule has 0 aromatic heterocycles. The Kier molecular flexibility index (Phi) is 4.08. The van der Waals surface area contributed by atoms with Crippen molar-refractivity contribution in [1.29, 1.82) is 0 Å². The van der Waals surface area contributed by atoms with Crippen LogP contribution in [0.1, 0.15) is 22.3 Å². The molecule has 0 spiro atoms. The highest BCUT2D eigenvalue weighted by Crippen LogP contribution is 2.27. The predicted molar refractivity (Wildman–Crippen MR) is 81.7 cm³/mol. The van der Waals surface area contributed by atoms with Gasteiger partial charge in [-0.05, 0) is 43.5 Å². The third-order valence-corrected chi connectivity index (χ3v) is 3.34. The lowest BCUT2D eigenvalue weighted by molar-refractivity contribution is -0.136. The number of hydrogen-bond acceptors (Lipinski definition) is 2. The summed E-state index contributed by atoms with van der Waals surface area (Å²) in [7, 11) is 0. The van der Waals surface area contributed by atoms with Gasteiger partial charge in [0.25, 0.3) is 0 Å². The minimum atomic E-state index is -0.819. The third kappa shape index (κ3) is 3.18. The van der Waals surface area contributed by atoms with Crippen LogP contribution in [0.2, 0.25) is 0 Å². The Bertz CT molecular complexity index is 627. The number of nitrogens with one attached hydrogen (secondary N) is 1. The van der Waals surface area contributed by atoms with E-state index in [9.17, 15) is 4.79 Å². The molecule has 0 saturated carbocycles. The SMILES string of the molecule is Cc1ccc(Nc2c(C)cccc2C)c(CC(=O)O)c1. The Morgan fingerprint density at radius 2 is 1.75 bits per heavy atom. The molecule has 3 nitrogen and oxygen atoms in total. The normalized spacial score (nSPS) is 10.3. The summed E-state index contributed by atoms with van der Waals surface area (Å²) in [6, 6.07) is 12.0. The van der Waals surface area contributed by atoms with E-state index in [2.05, 4.69) is 5.32 Å². The Labute approximate surface area is 119 Å². The van der Waals surface area contributed by atoms with Gasteiger partial charge in [0.1, 0.15) is 0 Å². The van der Waals surface area contributed by atoms with Gasteiger partial charge in [0.05, 0.1) is 6.42 Å². The molecule has 2 aromatic rings. The van der Waals surface area contributed by atoms with Gasteiger partial charge in [-0.15, -0.1) is 0 Å². The summed E-state index contributed by atoms with van der Waals surface area (Å²) in [6.07, 6.45) is 0.0228. The van der Waals surface area contributed by atoms with Gasteiger partial charge in [0.15, 0.2) is 0 Å². The third-order valence-electron chi connectivity index (χ3n) is 3.34. The molecule has 0 aliphatic heterocycles. The number of hydrogen-bond donors (Lipinski definition) is 2. The van der Waals surface area contributed by atoms with Crippen molar-refractivity contribution < 1.29 is 9.90 Å². The molecule has 0 aliphatic rings. The van der Waals surface area contributed by atoms with Gasteiger partial charge < -0.3 is 10.4 Å². The summed E-state index contributed by atoms with van der Waals surface area (Å²) >= 11 is 0. The van der Waals surface area contributed by atoms with E-state index in [4.69, 9.17) is 5.11 Å². The average Bonchev–Trinajstić information content (AvgIpc) is 2.35. The maximum Gasteiger partial charge on any atom is 0.307 e. The molecule has 0 unspecified atom stereocenters. The van der Waals surface area contributed by atoms with Crippen molar-refractivity contribution in [2.45, 2.75) is 27.2 Å². The fourth-order valence-electron chi connectivity index (χ4n) is 2.30. The monoisotopic (exact) mass is 269 g/mol. The van der Waals surface area contributed by atoms with Crippen LogP contribution in [0, 0.1) is 20.8 Å². The van der Waals surface area contributed by atoms with Gasteiger partial charge in [0, 0.05) is 11.4 Å². The molecule has 3 heteroatoms. The zero-order valence-electron chi connectivity index (χ0n) is 12.0. The van der Waals surface area contributed by atoms with Crippen molar-refractivity contribution in [3.63, 3.8) is 0 Å². The van der Waals surface area contributed by atoms with Crippen molar-refractivity contribution in [1.82, 2.24) is 0 Å². The highest BCUT2D eigenvalue weighted by atomic mass is 16.4. The minimum Gasteiger partial charge on any atom is -0.481 e. The van der Waals surface area contributed by atoms with Crippen LogP contribution in [-0.2, 0) is 11.2 Å². The summed E-state index contributed by atoms with van der Waals surface area (Å²) < 4.78 is 0. The van der Waals surface area contributed by atoms with E-state index in [0.29, 0.717) is 0 Å². The van der Waals surface area contributed by atoms with Crippen molar-refractivity contribution in [2.75, 3.05) is 5.32 Å². The number of carboxylic acid groups (broad SMARTS) is 1. The first-order valence-electron chi connectivity index (χ1n) is 6.62. The summed E-state index contributed by atoms with van der Waals surface area (Å²) in [6.45, 7) is 6.05. The van der Waals surface area contributed by atoms with Crippen molar-refractivity contribution in [3.05, 3.63) is 58.7 Å².